The van der Waals surface area contributed by atoms with Crippen LogP contribution < -0.4 is 16.0 Å². The lowest BCUT2D eigenvalue weighted by Gasteiger charge is -2.25. The first-order chi connectivity index (χ1) is 11.1. The van der Waals surface area contributed by atoms with Crippen molar-refractivity contribution in [3.05, 3.63) is 29.8 Å². The fraction of sp³-hybridized carbons (Fsp3) is 0.588. The number of benzene rings is 1. The van der Waals surface area contributed by atoms with E-state index in [9.17, 15) is 8.78 Å². The van der Waals surface area contributed by atoms with Crippen LogP contribution in [0.4, 0.5) is 14.5 Å². The molecule has 0 bridgehead atoms. The molecule has 1 unspecified atom stereocenters. The second kappa shape index (κ2) is 7.15. The predicted molar refractivity (Wildman–Crippen MR) is 88.5 cm³/mol. The van der Waals surface area contributed by atoms with Crippen molar-refractivity contribution in [3.63, 3.8) is 0 Å². The molecule has 126 valence electrons. The topological polar surface area (TPSA) is 53.6 Å². The Morgan fingerprint density at radius 3 is 2.74 bits per heavy atom. The molecule has 6 heteroatoms. The summed E-state index contributed by atoms with van der Waals surface area (Å²) in [6.07, 6.45) is 4.88. The van der Waals surface area contributed by atoms with Gasteiger partial charge in [-0.3, -0.25) is 4.99 Å². The summed E-state index contributed by atoms with van der Waals surface area (Å²) in [7, 11) is 0. The monoisotopic (exact) mass is 322 g/mol. The van der Waals surface area contributed by atoms with Crippen molar-refractivity contribution in [1.82, 2.24) is 5.32 Å². The molecule has 1 heterocycles. The number of guanidine groups is 1. The standard InChI is InChI=1S/C17H24F2N4/c18-15-5-4-14(8-16(15)19)23-7-6-13(11-23)10-22-17(20)21-9-12-2-1-3-12/h4-5,8,12-13H,1-3,6-7,9-11H2,(H3,20,21,22). The number of hydrogen-bond donors (Lipinski definition) is 2. The minimum atomic E-state index is -0.806. The third-order valence-corrected chi connectivity index (χ3v) is 4.87. The Balaban J connectivity index is 1.46. The van der Waals surface area contributed by atoms with Crippen molar-refractivity contribution in [2.24, 2.45) is 22.6 Å². The zero-order valence-corrected chi connectivity index (χ0v) is 13.3. The lowest BCUT2D eigenvalue weighted by atomic mass is 9.85. The van der Waals surface area contributed by atoms with E-state index in [-0.39, 0.29) is 0 Å². The molecule has 3 rings (SSSR count). The summed E-state index contributed by atoms with van der Waals surface area (Å²) >= 11 is 0. The fourth-order valence-electron chi connectivity index (χ4n) is 3.13. The molecule has 0 radical (unpaired) electrons. The summed E-state index contributed by atoms with van der Waals surface area (Å²) in [6.45, 7) is 3.22. The average molecular weight is 322 g/mol. The number of aliphatic imine (C=N–C) groups is 1. The Hall–Kier alpha value is -1.85. The summed E-state index contributed by atoms with van der Waals surface area (Å²) in [4.78, 5) is 6.49. The fourth-order valence-corrected chi connectivity index (χ4v) is 3.13. The molecule has 1 saturated carbocycles. The first-order valence-electron chi connectivity index (χ1n) is 8.35. The van der Waals surface area contributed by atoms with Crippen molar-refractivity contribution < 1.29 is 8.78 Å². The lowest BCUT2D eigenvalue weighted by Crippen LogP contribution is -2.37. The van der Waals surface area contributed by atoms with Crippen LogP contribution in [-0.4, -0.2) is 32.1 Å². The van der Waals surface area contributed by atoms with Gasteiger partial charge >= 0.3 is 0 Å². The van der Waals surface area contributed by atoms with Gasteiger partial charge in [-0.2, -0.15) is 0 Å². The van der Waals surface area contributed by atoms with Gasteiger partial charge < -0.3 is 16.0 Å². The zero-order chi connectivity index (χ0) is 16.2. The minimum absolute atomic E-state index is 0.396. The summed E-state index contributed by atoms with van der Waals surface area (Å²) in [6, 6.07) is 4.06. The Labute approximate surface area is 135 Å². The Morgan fingerprint density at radius 2 is 2.04 bits per heavy atom. The molecule has 0 amide bonds. The first-order valence-corrected chi connectivity index (χ1v) is 8.35. The summed E-state index contributed by atoms with van der Waals surface area (Å²) in [5.74, 6) is 0.0576. The highest BCUT2D eigenvalue weighted by atomic mass is 19.2. The van der Waals surface area contributed by atoms with Crippen LogP contribution in [0.5, 0.6) is 0 Å². The Morgan fingerprint density at radius 1 is 1.22 bits per heavy atom. The van der Waals surface area contributed by atoms with Gasteiger partial charge in [0.05, 0.1) is 0 Å². The molecule has 2 fully saturated rings. The van der Waals surface area contributed by atoms with E-state index >= 15 is 0 Å². The summed E-state index contributed by atoms with van der Waals surface area (Å²) < 4.78 is 26.3. The van der Waals surface area contributed by atoms with Crippen LogP contribution in [0.25, 0.3) is 0 Å². The van der Waals surface area contributed by atoms with Gasteiger partial charge in [0.25, 0.3) is 0 Å². The van der Waals surface area contributed by atoms with Crippen LogP contribution in [0.15, 0.2) is 23.2 Å². The molecule has 1 atom stereocenters. The highest BCUT2D eigenvalue weighted by Crippen LogP contribution is 2.26. The summed E-state index contributed by atoms with van der Waals surface area (Å²) in [5, 5.41) is 3.19. The molecule has 1 aliphatic heterocycles. The number of halogens is 2. The molecular formula is C17H24F2N4. The van der Waals surface area contributed by atoms with E-state index in [1.54, 1.807) is 6.07 Å². The molecular weight excluding hydrogens is 298 g/mol. The molecule has 0 aromatic heterocycles. The molecule has 0 spiro atoms. The SMILES string of the molecule is NC(=NCC1CCN(c2ccc(F)c(F)c2)C1)NCC1CCC1. The first kappa shape index (κ1) is 16.0. The molecule has 1 saturated heterocycles. The number of nitrogens with two attached hydrogens (primary N) is 1. The van der Waals surface area contributed by atoms with Crippen LogP contribution in [0.1, 0.15) is 25.7 Å². The number of rotatable bonds is 5. The van der Waals surface area contributed by atoms with Crippen LogP contribution in [0.2, 0.25) is 0 Å². The molecule has 1 aromatic carbocycles. The van der Waals surface area contributed by atoms with Crippen LogP contribution in [0, 0.1) is 23.5 Å². The van der Waals surface area contributed by atoms with Gasteiger partial charge in [0.1, 0.15) is 0 Å². The number of nitrogens with zero attached hydrogens (tertiary/aromatic N) is 2. The normalized spacial score (nSPS) is 22.3. The Kier molecular flexibility index (Phi) is 4.98. The van der Waals surface area contributed by atoms with Crippen LogP contribution >= 0.6 is 0 Å². The number of anilines is 1. The van der Waals surface area contributed by atoms with Crippen molar-refractivity contribution in [2.45, 2.75) is 25.7 Å². The van der Waals surface area contributed by atoms with E-state index in [1.165, 1.54) is 31.4 Å². The third-order valence-electron chi connectivity index (χ3n) is 4.87. The van der Waals surface area contributed by atoms with Gasteiger partial charge in [-0.1, -0.05) is 6.42 Å². The second-order valence-electron chi connectivity index (χ2n) is 6.60. The predicted octanol–water partition coefficient (Wildman–Crippen LogP) is 2.50. The maximum atomic E-state index is 13.3. The lowest BCUT2D eigenvalue weighted by molar-refractivity contribution is 0.315. The van der Waals surface area contributed by atoms with Crippen molar-refractivity contribution in [2.75, 3.05) is 31.1 Å². The van der Waals surface area contributed by atoms with Crippen molar-refractivity contribution in [1.29, 1.82) is 0 Å². The third kappa shape index (κ3) is 4.12. The van der Waals surface area contributed by atoms with Gasteiger partial charge in [-0.25, -0.2) is 8.78 Å². The van der Waals surface area contributed by atoms with Gasteiger partial charge in [-0.15, -0.1) is 0 Å². The van der Waals surface area contributed by atoms with E-state index in [1.807, 2.05) is 0 Å². The Bertz CT molecular complexity index is 572. The molecule has 3 N–H and O–H groups in total. The maximum Gasteiger partial charge on any atom is 0.188 e. The average Bonchev–Trinajstić information content (AvgIpc) is 2.95. The smallest absolute Gasteiger partial charge is 0.188 e. The van der Waals surface area contributed by atoms with Crippen LogP contribution in [-0.2, 0) is 0 Å². The second-order valence-corrected chi connectivity index (χ2v) is 6.60. The molecule has 1 aliphatic carbocycles. The maximum absolute atomic E-state index is 13.3. The quantitative estimate of drug-likeness (QED) is 0.647. The van der Waals surface area contributed by atoms with E-state index in [0.29, 0.717) is 18.4 Å². The van der Waals surface area contributed by atoms with Crippen LogP contribution in [0.3, 0.4) is 0 Å². The van der Waals surface area contributed by atoms with E-state index < -0.39 is 11.6 Å². The van der Waals surface area contributed by atoms with Gasteiger partial charge in [0.15, 0.2) is 17.6 Å². The van der Waals surface area contributed by atoms with E-state index in [4.69, 9.17) is 5.73 Å². The van der Waals surface area contributed by atoms with Gasteiger partial charge in [0.2, 0.25) is 0 Å². The summed E-state index contributed by atoms with van der Waals surface area (Å²) in [5.41, 5.74) is 6.62. The number of nitrogens with one attached hydrogen (secondary N) is 1. The highest BCUT2D eigenvalue weighted by Gasteiger charge is 2.23. The number of hydrogen-bond acceptors (Lipinski definition) is 2. The minimum Gasteiger partial charge on any atom is -0.371 e. The van der Waals surface area contributed by atoms with E-state index in [2.05, 4.69) is 15.2 Å². The molecule has 1 aromatic rings. The van der Waals surface area contributed by atoms with E-state index in [0.717, 1.165) is 37.7 Å². The highest BCUT2D eigenvalue weighted by molar-refractivity contribution is 5.77. The molecule has 4 nitrogen and oxygen atoms in total. The van der Waals surface area contributed by atoms with Gasteiger partial charge in [-0.05, 0) is 43.2 Å². The van der Waals surface area contributed by atoms with Crippen molar-refractivity contribution in [3.8, 4) is 0 Å². The largest absolute Gasteiger partial charge is 0.371 e. The van der Waals surface area contributed by atoms with Gasteiger partial charge in [0, 0.05) is 37.9 Å². The zero-order valence-electron chi connectivity index (χ0n) is 13.3. The molecule has 23 heavy (non-hydrogen) atoms. The molecule has 2 aliphatic rings. The van der Waals surface area contributed by atoms with Crippen molar-refractivity contribution >= 4 is 11.6 Å².